The van der Waals surface area contributed by atoms with Gasteiger partial charge in [0, 0.05) is 10.2 Å². The second-order valence-corrected chi connectivity index (χ2v) is 5.66. The first-order chi connectivity index (χ1) is 8.31. The maximum atomic E-state index is 5.52. The fourth-order valence-corrected chi connectivity index (χ4v) is 3.50. The summed E-state index contributed by atoms with van der Waals surface area (Å²) in [5.74, 6) is 0.991. The monoisotopic (exact) mass is 290 g/mol. The fourth-order valence-electron chi connectivity index (χ4n) is 2.76. The quantitative estimate of drug-likeness (QED) is 0.697. The van der Waals surface area contributed by atoms with Crippen molar-refractivity contribution >= 4 is 26.7 Å². The van der Waals surface area contributed by atoms with Gasteiger partial charge in [-0.2, -0.15) is 0 Å². The van der Waals surface area contributed by atoms with Crippen LogP contribution in [0.1, 0.15) is 28.8 Å². The van der Waals surface area contributed by atoms with E-state index >= 15 is 0 Å². The Kier molecular flexibility index (Phi) is 2.83. The Morgan fingerprint density at radius 3 is 2.76 bits per heavy atom. The summed E-state index contributed by atoms with van der Waals surface area (Å²) in [7, 11) is 1.75. The third-order valence-corrected chi connectivity index (χ3v) is 4.55. The first kappa shape index (κ1) is 11.1. The molecule has 0 fully saturated rings. The van der Waals surface area contributed by atoms with E-state index in [9.17, 15) is 0 Å². The largest absolute Gasteiger partial charge is 0.496 e. The predicted molar refractivity (Wildman–Crippen MR) is 75.1 cm³/mol. The highest BCUT2D eigenvalue weighted by atomic mass is 79.9. The number of aryl methyl sites for hydroxylation is 1. The highest BCUT2D eigenvalue weighted by Crippen LogP contribution is 2.42. The van der Waals surface area contributed by atoms with E-state index in [-0.39, 0.29) is 0 Å². The molecule has 0 radical (unpaired) electrons. The molecule has 0 aliphatic heterocycles. The van der Waals surface area contributed by atoms with Crippen LogP contribution in [0, 0.1) is 0 Å². The molecular weight excluding hydrogens is 276 g/mol. The van der Waals surface area contributed by atoms with Crippen molar-refractivity contribution in [3.8, 4) is 5.75 Å². The summed E-state index contributed by atoms with van der Waals surface area (Å²) < 4.78 is 5.52. The van der Waals surface area contributed by atoms with Gasteiger partial charge in [0.05, 0.1) is 7.11 Å². The van der Waals surface area contributed by atoms with Crippen molar-refractivity contribution in [2.75, 3.05) is 7.11 Å². The average molecular weight is 291 g/mol. The Labute approximate surface area is 110 Å². The second-order valence-electron chi connectivity index (χ2n) is 4.55. The van der Waals surface area contributed by atoms with Crippen LogP contribution in [0.5, 0.6) is 5.75 Å². The van der Waals surface area contributed by atoms with Gasteiger partial charge in [0.1, 0.15) is 5.75 Å². The molecule has 2 heteroatoms. The summed E-state index contributed by atoms with van der Waals surface area (Å²) in [6.07, 6.45) is 3.66. The van der Waals surface area contributed by atoms with E-state index in [0.717, 1.165) is 5.75 Å². The minimum Gasteiger partial charge on any atom is -0.496 e. The Balaban J connectivity index is 2.36. The van der Waals surface area contributed by atoms with Crippen LogP contribution in [0.15, 0.2) is 30.3 Å². The molecule has 1 unspecified atom stereocenters. The normalized spacial score (nSPS) is 19.1. The molecule has 3 rings (SSSR count). The highest BCUT2D eigenvalue weighted by molar-refractivity contribution is 9.09. The number of hydrogen-bond acceptors (Lipinski definition) is 1. The number of ether oxygens (including phenoxy) is 1. The van der Waals surface area contributed by atoms with Crippen molar-refractivity contribution in [3.63, 3.8) is 0 Å². The van der Waals surface area contributed by atoms with Crippen LogP contribution in [0.3, 0.4) is 0 Å². The zero-order valence-electron chi connectivity index (χ0n) is 9.87. The molecule has 2 aromatic rings. The second kappa shape index (κ2) is 4.34. The number of hydrogen-bond donors (Lipinski definition) is 0. The van der Waals surface area contributed by atoms with Crippen LogP contribution in [0.4, 0.5) is 0 Å². The summed E-state index contributed by atoms with van der Waals surface area (Å²) in [6.45, 7) is 0. The minimum atomic E-state index is 0.477. The number of benzene rings is 2. The standard InChI is InChI=1S/C15H15BrO/c1-17-15-9-13-11(7-4-8-14(13)16)10-5-2-3-6-12(10)15/h2-3,5-6,9,14H,4,7-8H2,1H3. The molecule has 0 amide bonds. The Morgan fingerprint density at radius 1 is 1.24 bits per heavy atom. The number of rotatable bonds is 1. The molecule has 17 heavy (non-hydrogen) atoms. The lowest BCUT2D eigenvalue weighted by Gasteiger charge is -2.24. The van der Waals surface area contributed by atoms with Crippen LogP contribution >= 0.6 is 15.9 Å². The zero-order valence-corrected chi connectivity index (χ0v) is 11.5. The van der Waals surface area contributed by atoms with Crippen molar-refractivity contribution in [3.05, 3.63) is 41.5 Å². The van der Waals surface area contributed by atoms with Gasteiger partial charge in [0.2, 0.25) is 0 Å². The van der Waals surface area contributed by atoms with Crippen molar-refractivity contribution in [1.29, 1.82) is 0 Å². The molecular formula is C15H15BrO. The molecule has 1 nitrogen and oxygen atoms in total. The van der Waals surface area contributed by atoms with Crippen molar-refractivity contribution < 1.29 is 4.74 Å². The summed E-state index contributed by atoms with van der Waals surface area (Å²) >= 11 is 3.78. The van der Waals surface area contributed by atoms with Gasteiger partial charge in [-0.05, 0) is 41.8 Å². The first-order valence-corrected chi connectivity index (χ1v) is 6.95. The van der Waals surface area contributed by atoms with Gasteiger partial charge in [-0.1, -0.05) is 40.2 Å². The number of halogens is 1. The SMILES string of the molecule is COc1cc2c(c3ccccc13)CCCC2Br. The van der Waals surface area contributed by atoms with Crippen LogP contribution in [-0.4, -0.2) is 7.11 Å². The van der Waals surface area contributed by atoms with Crippen LogP contribution in [0.2, 0.25) is 0 Å². The average Bonchev–Trinajstić information content (AvgIpc) is 2.38. The van der Waals surface area contributed by atoms with Gasteiger partial charge in [0.25, 0.3) is 0 Å². The van der Waals surface area contributed by atoms with E-state index in [1.165, 1.54) is 41.2 Å². The zero-order chi connectivity index (χ0) is 11.8. The van der Waals surface area contributed by atoms with E-state index in [4.69, 9.17) is 4.74 Å². The molecule has 0 aromatic heterocycles. The molecule has 1 aliphatic rings. The lowest BCUT2D eigenvalue weighted by molar-refractivity contribution is 0.419. The summed E-state index contributed by atoms with van der Waals surface area (Å²) in [6, 6.07) is 10.7. The van der Waals surface area contributed by atoms with Gasteiger partial charge in [-0.25, -0.2) is 0 Å². The highest BCUT2D eigenvalue weighted by Gasteiger charge is 2.21. The van der Waals surface area contributed by atoms with E-state index in [1.54, 1.807) is 7.11 Å². The Bertz CT molecular complexity index is 562. The summed E-state index contributed by atoms with van der Waals surface area (Å²) in [5.41, 5.74) is 2.90. The maximum absolute atomic E-state index is 5.52. The Hall–Kier alpha value is -1.02. The molecule has 1 atom stereocenters. The molecule has 0 bridgehead atoms. The maximum Gasteiger partial charge on any atom is 0.127 e. The van der Waals surface area contributed by atoms with Crippen molar-refractivity contribution in [2.45, 2.75) is 24.1 Å². The van der Waals surface area contributed by atoms with Gasteiger partial charge in [0.15, 0.2) is 0 Å². The molecule has 0 N–H and O–H groups in total. The molecule has 0 saturated heterocycles. The van der Waals surface area contributed by atoms with E-state index in [0.29, 0.717) is 4.83 Å². The minimum absolute atomic E-state index is 0.477. The summed E-state index contributed by atoms with van der Waals surface area (Å²) in [4.78, 5) is 0.477. The van der Waals surface area contributed by atoms with Crippen LogP contribution in [-0.2, 0) is 6.42 Å². The topological polar surface area (TPSA) is 9.23 Å². The molecule has 88 valence electrons. The number of fused-ring (bicyclic) bond motifs is 3. The molecule has 1 aliphatic carbocycles. The molecule has 0 heterocycles. The third kappa shape index (κ3) is 1.75. The number of methoxy groups -OCH3 is 1. The lowest BCUT2D eigenvalue weighted by Crippen LogP contribution is -2.06. The lowest BCUT2D eigenvalue weighted by atomic mass is 9.87. The van der Waals surface area contributed by atoms with Crippen molar-refractivity contribution in [1.82, 2.24) is 0 Å². The van der Waals surface area contributed by atoms with Gasteiger partial charge < -0.3 is 4.74 Å². The first-order valence-electron chi connectivity index (χ1n) is 6.04. The van der Waals surface area contributed by atoms with E-state index in [1.807, 2.05) is 0 Å². The van der Waals surface area contributed by atoms with Gasteiger partial charge in [-0.3, -0.25) is 0 Å². The van der Waals surface area contributed by atoms with Crippen LogP contribution in [0.25, 0.3) is 10.8 Å². The van der Waals surface area contributed by atoms with E-state index in [2.05, 4.69) is 46.3 Å². The Morgan fingerprint density at radius 2 is 2.00 bits per heavy atom. The smallest absolute Gasteiger partial charge is 0.127 e. The fraction of sp³-hybridized carbons (Fsp3) is 0.333. The predicted octanol–water partition coefficient (Wildman–Crippen LogP) is 4.62. The van der Waals surface area contributed by atoms with Crippen LogP contribution < -0.4 is 4.74 Å². The molecule has 0 saturated carbocycles. The van der Waals surface area contributed by atoms with E-state index < -0.39 is 0 Å². The summed E-state index contributed by atoms with van der Waals surface area (Å²) in [5, 5.41) is 2.58. The van der Waals surface area contributed by atoms with Gasteiger partial charge >= 0.3 is 0 Å². The molecule has 2 aromatic carbocycles. The third-order valence-electron chi connectivity index (χ3n) is 3.59. The number of alkyl halides is 1. The van der Waals surface area contributed by atoms with Gasteiger partial charge in [-0.15, -0.1) is 0 Å². The van der Waals surface area contributed by atoms with Crippen molar-refractivity contribution in [2.24, 2.45) is 0 Å². The molecule has 0 spiro atoms.